The molecular formula is C27H28N6O3. The number of imidazole rings is 1. The number of nitrogens with one attached hydrogen (secondary N) is 2. The van der Waals surface area contributed by atoms with Gasteiger partial charge in [-0.1, -0.05) is 27.7 Å². The highest BCUT2D eigenvalue weighted by atomic mass is 16.2. The van der Waals surface area contributed by atoms with Gasteiger partial charge in [0, 0.05) is 53.6 Å². The van der Waals surface area contributed by atoms with Gasteiger partial charge in [-0.3, -0.25) is 18.8 Å². The van der Waals surface area contributed by atoms with E-state index in [1.807, 2.05) is 26.0 Å². The molecule has 0 radical (unpaired) electrons. The molecule has 184 valence electrons. The molecule has 4 heterocycles. The number of aromatic amines is 1. The predicted octanol–water partition coefficient (Wildman–Crippen LogP) is 3.36. The van der Waals surface area contributed by atoms with E-state index in [1.165, 1.54) is 0 Å². The molecule has 1 aliphatic heterocycles. The molecule has 1 aliphatic carbocycles. The SMILES string of the molecule is CC1(C)CC(C)(C)c2c([nH]c3ccc(C(=O)NC4CN(C(=O)c5cn6cccnc6n5)C4)cc23)C1=O. The van der Waals surface area contributed by atoms with Crippen LogP contribution in [0.4, 0.5) is 0 Å². The standard InChI is InChI=1S/C27H28N6O3/c1-26(2)14-27(3,4)22(34)21-20(26)17-10-15(6-7-18(17)30-21)23(35)29-16-11-33(12-16)24(36)19-13-32-9-5-8-28-25(32)31-19/h5-10,13,16,30H,11-12,14H2,1-4H3,(H,29,35). The van der Waals surface area contributed by atoms with Crippen molar-refractivity contribution >= 4 is 34.3 Å². The zero-order valence-electron chi connectivity index (χ0n) is 20.8. The maximum absolute atomic E-state index is 13.1. The first-order valence-corrected chi connectivity index (χ1v) is 12.1. The summed E-state index contributed by atoms with van der Waals surface area (Å²) in [6, 6.07) is 7.16. The monoisotopic (exact) mass is 484 g/mol. The van der Waals surface area contributed by atoms with Crippen molar-refractivity contribution in [2.45, 2.75) is 45.6 Å². The van der Waals surface area contributed by atoms with Gasteiger partial charge >= 0.3 is 0 Å². The Morgan fingerprint density at radius 3 is 2.67 bits per heavy atom. The van der Waals surface area contributed by atoms with Crippen molar-refractivity contribution in [1.82, 2.24) is 29.6 Å². The van der Waals surface area contributed by atoms with Crippen LogP contribution in [0.1, 0.15) is 71.0 Å². The Hall–Kier alpha value is -4.01. The van der Waals surface area contributed by atoms with Crippen molar-refractivity contribution < 1.29 is 14.4 Å². The smallest absolute Gasteiger partial charge is 0.274 e. The molecule has 0 atom stereocenters. The number of H-pyrrole nitrogens is 1. The van der Waals surface area contributed by atoms with Gasteiger partial charge in [0.05, 0.1) is 11.7 Å². The van der Waals surface area contributed by atoms with Crippen LogP contribution in [-0.2, 0) is 5.41 Å². The van der Waals surface area contributed by atoms with Crippen LogP contribution in [0.25, 0.3) is 16.7 Å². The number of hydrogen-bond acceptors (Lipinski definition) is 5. The highest BCUT2D eigenvalue weighted by molar-refractivity contribution is 6.08. The van der Waals surface area contributed by atoms with Crippen molar-refractivity contribution in [2.24, 2.45) is 5.41 Å². The van der Waals surface area contributed by atoms with Crippen molar-refractivity contribution in [3.8, 4) is 0 Å². The second kappa shape index (κ2) is 7.49. The number of benzene rings is 1. The van der Waals surface area contributed by atoms with Gasteiger partial charge in [-0.05, 0) is 41.7 Å². The molecule has 6 rings (SSSR count). The number of nitrogens with zero attached hydrogens (tertiary/aromatic N) is 4. The molecule has 0 spiro atoms. The quantitative estimate of drug-likeness (QED) is 0.463. The van der Waals surface area contributed by atoms with Crippen LogP contribution < -0.4 is 5.32 Å². The van der Waals surface area contributed by atoms with Crippen LogP contribution in [0.5, 0.6) is 0 Å². The molecular weight excluding hydrogens is 456 g/mol. The van der Waals surface area contributed by atoms with Crippen molar-refractivity contribution in [1.29, 1.82) is 0 Å². The third-order valence-electron chi connectivity index (χ3n) is 7.42. The summed E-state index contributed by atoms with van der Waals surface area (Å²) in [5.74, 6) is 0.212. The zero-order chi connectivity index (χ0) is 25.4. The van der Waals surface area contributed by atoms with Gasteiger partial charge in [-0.15, -0.1) is 0 Å². The van der Waals surface area contributed by atoms with E-state index in [2.05, 4.69) is 34.1 Å². The van der Waals surface area contributed by atoms with Gasteiger partial charge in [0.1, 0.15) is 5.69 Å². The predicted molar refractivity (Wildman–Crippen MR) is 134 cm³/mol. The number of amides is 2. The number of hydrogen-bond donors (Lipinski definition) is 2. The fourth-order valence-corrected chi connectivity index (χ4v) is 5.92. The second-order valence-electron chi connectivity index (χ2n) is 11.2. The second-order valence-corrected chi connectivity index (χ2v) is 11.2. The largest absolute Gasteiger partial charge is 0.352 e. The molecule has 2 aliphatic rings. The van der Waals surface area contributed by atoms with Gasteiger partial charge < -0.3 is 15.2 Å². The van der Waals surface area contributed by atoms with Crippen LogP contribution in [0.15, 0.2) is 42.9 Å². The Balaban J connectivity index is 1.18. The molecule has 0 unspecified atom stereocenters. The third kappa shape index (κ3) is 3.41. The summed E-state index contributed by atoms with van der Waals surface area (Å²) in [6.45, 7) is 9.12. The summed E-state index contributed by atoms with van der Waals surface area (Å²) in [5, 5.41) is 3.94. The first-order chi connectivity index (χ1) is 17.0. The Bertz CT molecular complexity index is 1540. The lowest BCUT2D eigenvalue weighted by molar-refractivity contribution is 0.0538. The molecule has 0 bridgehead atoms. The third-order valence-corrected chi connectivity index (χ3v) is 7.42. The van der Waals surface area contributed by atoms with Crippen molar-refractivity contribution in [3.63, 3.8) is 0 Å². The molecule has 9 heteroatoms. The lowest BCUT2D eigenvalue weighted by atomic mass is 9.63. The van der Waals surface area contributed by atoms with Crippen molar-refractivity contribution in [2.75, 3.05) is 13.1 Å². The average Bonchev–Trinajstić information content (AvgIpc) is 3.40. The Morgan fingerprint density at radius 2 is 1.92 bits per heavy atom. The fourth-order valence-electron chi connectivity index (χ4n) is 5.92. The normalized spacial score (nSPS) is 18.8. The minimum Gasteiger partial charge on any atom is -0.352 e. The van der Waals surface area contributed by atoms with E-state index in [-0.39, 0.29) is 29.1 Å². The first-order valence-electron chi connectivity index (χ1n) is 12.1. The minimum absolute atomic E-state index is 0.111. The molecule has 2 amide bonds. The first kappa shape index (κ1) is 22.5. The summed E-state index contributed by atoms with van der Waals surface area (Å²) >= 11 is 0. The van der Waals surface area contributed by atoms with Gasteiger partial charge in [-0.25, -0.2) is 9.97 Å². The molecule has 36 heavy (non-hydrogen) atoms. The summed E-state index contributed by atoms with van der Waals surface area (Å²) in [5.41, 5.74) is 2.72. The molecule has 0 saturated carbocycles. The van der Waals surface area contributed by atoms with E-state index in [9.17, 15) is 14.4 Å². The molecule has 1 fully saturated rings. The zero-order valence-corrected chi connectivity index (χ0v) is 20.8. The number of carbonyl (C=O) groups is 3. The van der Waals surface area contributed by atoms with Crippen LogP contribution in [0, 0.1) is 5.41 Å². The van der Waals surface area contributed by atoms with Gasteiger partial charge in [-0.2, -0.15) is 0 Å². The number of aromatic nitrogens is 4. The minimum atomic E-state index is -0.440. The van der Waals surface area contributed by atoms with E-state index in [1.54, 1.807) is 40.0 Å². The van der Waals surface area contributed by atoms with Gasteiger partial charge in [0.2, 0.25) is 5.78 Å². The summed E-state index contributed by atoms with van der Waals surface area (Å²) in [4.78, 5) is 52.3. The highest BCUT2D eigenvalue weighted by Gasteiger charge is 2.45. The van der Waals surface area contributed by atoms with E-state index in [4.69, 9.17) is 0 Å². The maximum Gasteiger partial charge on any atom is 0.274 e. The lowest BCUT2D eigenvalue weighted by Gasteiger charge is -2.39. The lowest BCUT2D eigenvalue weighted by Crippen LogP contribution is -2.61. The number of likely N-dealkylation sites (tertiary alicyclic amines) is 1. The Labute approximate surface area is 207 Å². The van der Waals surface area contributed by atoms with Crippen LogP contribution in [0.2, 0.25) is 0 Å². The maximum atomic E-state index is 13.1. The van der Waals surface area contributed by atoms with E-state index in [0.29, 0.717) is 35.8 Å². The van der Waals surface area contributed by atoms with Crippen molar-refractivity contribution in [3.05, 3.63) is 65.4 Å². The number of fused-ring (bicyclic) bond motifs is 4. The van der Waals surface area contributed by atoms with Crippen LogP contribution in [0.3, 0.4) is 0 Å². The number of Topliss-reactive ketones (excluding diaryl/α,β-unsaturated/α-hetero) is 1. The number of rotatable bonds is 3. The van der Waals surface area contributed by atoms with E-state index in [0.717, 1.165) is 22.9 Å². The highest BCUT2D eigenvalue weighted by Crippen LogP contribution is 2.48. The summed E-state index contributed by atoms with van der Waals surface area (Å²) in [6.07, 6.45) is 5.83. The Morgan fingerprint density at radius 1 is 1.14 bits per heavy atom. The fraction of sp³-hybridized carbons (Fsp3) is 0.370. The van der Waals surface area contributed by atoms with Crippen LogP contribution in [-0.4, -0.2) is 61.0 Å². The molecule has 2 N–H and O–H groups in total. The van der Waals surface area contributed by atoms with Gasteiger partial charge in [0.15, 0.2) is 5.78 Å². The number of carbonyl (C=O) groups excluding carboxylic acids is 3. The van der Waals surface area contributed by atoms with E-state index >= 15 is 0 Å². The molecule has 1 aromatic carbocycles. The number of ketones is 1. The summed E-state index contributed by atoms with van der Waals surface area (Å²) < 4.78 is 1.71. The Kier molecular flexibility index (Phi) is 4.67. The molecule has 1 saturated heterocycles. The van der Waals surface area contributed by atoms with E-state index < -0.39 is 5.41 Å². The topological polar surface area (TPSA) is 112 Å². The molecule has 4 aromatic rings. The molecule has 9 nitrogen and oxygen atoms in total. The molecule has 3 aromatic heterocycles. The average molecular weight is 485 g/mol. The summed E-state index contributed by atoms with van der Waals surface area (Å²) in [7, 11) is 0. The van der Waals surface area contributed by atoms with Gasteiger partial charge in [0.25, 0.3) is 11.8 Å². The van der Waals surface area contributed by atoms with Crippen LogP contribution >= 0.6 is 0 Å².